The maximum Gasteiger partial charge on any atom is 0.224 e. The molecule has 4 rings (SSSR count). The first-order valence-electron chi connectivity index (χ1n) is 8.23. The van der Waals surface area contributed by atoms with Gasteiger partial charge >= 0.3 is 0 Å². The molecule has 26 heavy (non-hydrogen) atoms. The van der Waals surface area contributed by atoms with Gasteiger partial charge in [0.2, 0.25) is 5.91 Å². The van der Waals surface area contributed by atoms with Crippen molar-refractivity contribution in [2.24, 2.45) is 0 Å². The van der Waals surface area contributed by atoms with Crippen molar-refractivity contribution in [1.82, 2.24) is 15.3 Å². The second kappa shape index (κ2) is 7.43. The lowest BCUT2D eigenvalue weighted by Crippen LogP contribution is -2.35. The summed E-state index contributed by atoms with van der Waals surface area (Å²) in [6, 6.07) is 7.44. The Balaban J connectivity index is 1.45. The molecule has 1 aliphatic rings. The first-order valence-corrected chi connectivity index (χ1v) is 9.55. The standard InChI is InChI=1S/C19H16ClN3O2S/c20-14-7-13-8-15(10-23-17(24)6-12-2-5-26-11-12)25-18(13)16(9-14)19-21-3-1-4-22-19/h1-5,7,9,11,15H,6,8,10H2,(H,23,24)/t15-/m0/s1. The molecule has 1 N–H and O–H groups in total. The number of nitrogens with zero attached hydrogens (tertiary/aromatic N) is 2. The second-order valence-electron chi connectivity index (χ2n) is 6.07. The van der Waals surface area contributed by atoms with Gasteiger partial charge in [0.05, 0.1) is 18.5 Å². The molecule has 0 unspecified atom stereocenters. The molecule has 0 bridgehead atoms. The Hall–Kier alpha value is -2.44. The fourth-order valence-electron chi connectivity index (χ4n) is 2.98. The zero-order valence-electron chi connectivity index (χ0n) is 13.8. The Morgan fingerprint density at radius 2 is 2.19 bits per heavy atom. The van der Waals surface area contributed by atoms with E-state index in [9.17, 15) is 4.79 Å². The van der Waals surface area contributed by atoms with Crippen LogP contribution in [0, 0.1) is 0 Å². The average Bonchev–Trinajstić information content (AvgIpc) is 3.29. The number of benzene rings is 1. The van der Waals surface area contributed by atoms with Gasteiger partial charge in [-0.3, -0.25) is 4.79 Å². The summed E-state index contributed by atoms with van der Waals surface area (Å²) >= 11 is 7.84. The maximum atomic E-state index is 12.1. The summed E-state index contributed by atoms with van der Waals surface area (Å²) in [6.45, 7) is 0.449. The molecular formula is C19H16ClN3O2S. The zero-order valence-corrected chi connectivity index (χ0v) is 15.4. The highest BCUT2D eigenvalue weighted by molar-refractivity contribution is 7.08. The molecule has 3 aromatic rings. The molecule has 0 spiro atoms. The van der Waals surface area contributed by atoms with Crippen molar-refractivity contribution in [1.29, 1.82) is 0 Å². The molecule has 2 aromatic heterocycles. The number of carbonyl (C=O) groups excluding carboxylic acids is 1. The van der Waals surface area contributed by atoms with Gasteiger partial charge in [-0.05, 0) is 40.6 Å². The molecule has 1 atom stereocenters. The molecule has 5 nitrogen and oxygen atoms in total. The largest absolute Gasteiger partial charge is 0.487 e. The molecule has 3 heterocycles. The molecule has 1 aliphatic heterocycles. The zero-order chi connectivity index (χ0) is 17.9. The Labute approximate surface area is 160 Å². The number of carbonyl (C=O) groups is 1. The molecule has 132 valence electrons. The number of halogens is 1. The lowest BCUT2D eigenvalue weighted by Gasteiger charge is -2.13. The smallest absolute Gasteiger partial charge is 0.224 e. The highest BCUT2D eigenvalue weighted by atomic mass is 35.5. The maximum absolute atomic E-state index is 12.1. The highest BCUT2D eigenvalue weighted by Gasteiger charge is 2.27. The van der Waals surface area contributed by atoms with E-state index in [4.69, 9.17) is 16.3 Å². The van der Waals surface area contributed by atoms with Crippen molar-refractivity contribution in [3.05, 3.63) is 63.6 Å². The molecule has 0 saturated heterocycles. The Bertz CT molecular complexity index is 916. The summed E-state index contributed by atoms with van der Waals surface area (Å²) < 4.78 is 6.08. The van der Waals surface area contributed by atoms with Crippen LogP contribution in [-0.2, 0) is 17.6 Å². The third kappa shape index (κ3) is 3.71. The van der Waals surface area contributed by atoms with E-state index in [0.29, 0.717) is 30.2 Å². The summed E-state index contributed by atoms with van der Waals surface area (Å²) in [6.07, 6.45) is 4.32. The predicted molar refractivity (Wildman–Crippen MR) is 102 cm³/mol. The fourth-order valence-corrected chi connectivity index (χ4v) is 3.89. The van der Waals surface area contributed by atoms with E-state index >= 15 is 0 Å². The van der Waals surface area contributed by atoms with Crippen molar-refractivity contribution in [2.45, 2.75) is 18.9 Å². The van der Waals surface area contributed by atoms with Crippen LogP contribution in [0.15, 0.2) is 47.4 Å². The number of amides is 1. The number of hydrogen-bond acceptors (Lipinski definition) is 5. The van der Waals surface area contributed by atoms with E-state index in [1.54, 1.807) is 29.8 Å². The highest BCUT2D eigenvalue weighted by Crippen LogP contribution is 2.39. The molecule has 0 fully saturated rings. The van der Waals surface area contributed by atoms with E-state index in [1.807, 2.05) is 29.0 Å². The molecular weight excluding hydrogens is 370 g/mol. The van der Waals surface area contributed by atoms with Gasteiger partial charge in [0.25, 0.3) is 0 Å². The minimum atomic E-state index is -0.127. The van der Waals surface area contributed by atoms with Crippen molar-refractivity contribution >= 4 is 28.8 Å². The van der Waals surface area contributed by atoms with Crippen LogP contribution in [0.4, 0.5) is 0 Å². The Morgan fingerprint density at radius 1 is 1.35 bits per heavy atom. The molecule has 0 saturated carbocycles. The van der Waals surface area contributed by atoms with Crippen LogP contribution in [0.5, 0.6) is 5.75 Å². The molecule has 7 heteroatoms. The SMILES string of the molecule is O=C(Cc1ccsc1)NC[C@@H]1Cc2cc(Cl)cc(-c3ncccn3)c2O1. The van der Waals surface area contributed by atoms with Gasteiger partial charge in [-0.25, -0.2) is 9.97 Å². The van der Waals surface area contributed by atoms with E-state index in [2.05, 4.69) is 15.3 Å². The minimum Gasteiger partial charge on any atom is -0.487 e. The topological polar surface area (TPSA) is 64.1 Å². The lowest BCUT2D eigenvalue weighted by atomic mass is 10.1. The third-order valence-corrected chi connectivity index (χ3v) is 5.09. The number of ether oxygens (including phenoxy) is 1. The molecule has 1 aromatic carbocycles. The van der Waals surface area contributed by atoms with Crippen molar-refractivity contribution in [3.63, 3.8) is 0 Å². The van der Waals surface area contributed by atoms with Gasteiger partial charge in [0.15, 0.2) is 5.82 Å². The van der Waals surface area contributed by atoms with Gasteiger partial charge in [0.1, 0.15) is 11.9 Å². The van der Waals surface area contributed by atoms with Gasteiger partial charge in [0, 0.05) is 29.4 Å². The average molecular weight is 386 g/mol. The lowest BCUT2D eigenvalue weighted by molar-refractivity contribution is -0.120. The van der Waals surface area contributed by atoms with Gasteiger partial charge < -0.3 is 10.1 Å². The molecule has 1 amide bonds. The first-order chi connectivity index (χ1) is 12.7. The van der Waals surface area contributed by atoms with E-state index < -0.39 is 0 Å². The van der Waals surface area contributed by atoms with Gasteiger partial charge in [-0.15, -0.1) is 0 Å². The van der Waals surface area contributed by atoms with Crippen molar-refractivity contribution in [3.8, 4) is 17.1 Å². The van der Waals surface area contributed by atoms with Crippen LogP contribution in [0.1, 0.15) is 11.1 Å². The summed E-state index contributed by atoms with van der Waals surface area (Å²) in [7, 11) is 0. The van der Waals surface area contributed by atoms with Crippen LogP contribution in [0.25, 0.3) is 11.4 Å². The second-order valence-corrected chi connectivity index (χ2v) is 7.29. The number of aromatic nitrogens is 2. The number of rotatable bonds is 5. The van der Waals surface area contributed by atoms with Crippen molar-refractivity contribution in [2.75, 3.05) is 6.54 Å². The number of nitrogens with one attached hydrogen (secondary N) is 1. The first kappa shape index (κ1) is 17.0. The molecule has 0 radical (unpaired) electrons. The monoisotopic (exact) mass is 385 g/mol. The Kier molecular flexibility index (Phi) is 4.86. The fraction of sp³-hybridized carbons (Fsp3) is 0.211. The van der Waals surface area contributed by atoms with Crippen LogP contribution in [-0.4, -0.2) is 28.5 Å². The van der Waals surface area contributed by atoms with E-state index in [-0.39, 0.29) is 12.0 Å². The third-order valence-electron chi connectivity index (χ3n) is 4.14. The predicted octanol–water partition coefficient (Wildman–Crippen LogP) is 3.52. The van der Waals surface area contributed by atoms with Crippen LogP contribution < -0.4 is 10.1 Å². The Morgan fingerprint density at radius 3 is 2.96 bits per heavy atom. The minimum absolute atomic E-state index is 0.00685. The van der Waals surface area contributed by atoms with Crippen LogP contribution >= 0.6 is 22.9 Å². The quantitative estimate of drug-likeness (QED) is 0.729. The van der Waals surface area contributed by atoms with Crippen LogP contribution in [0.2, 0.25) is 5.02 Å². The van der Waals surface area contributed by atoms with E-state index in [0.717, 1.165) is 22.4 Å². The van der Waals surface area contributed by atoms with Crippen molar-refractivity contribution < 1.29 is 9.53 Å². The number of thiophene rings is 1. The normalized spacial score (nSPS) is 15.3. The summed E-state index contributed by atoms with van der Waals surface area (Å²) in [5.41, 5.74) is 2.82. The van der Waals surface area contributed by atoms with E-state index in [1.165, 1.54) is 0 Å². The molecule has 0 aliphatic carbocycles. The summed E-state index contributed by atoms with van der Waals surface area (Å²) in [5.74, 6) is 1.32. The number of hydrogen-bond donors (Lipinski definition) is 1. The summed E-state index contributed by atoms with van der Waals surface area (Å²) in [4.78, 5) is 20.7. The van der Waals surface area contributed by atoms with Crippen LogP contribution in [0.3, 0.4) is 0 Å². The summed E-state index contributed by atoms with van der Waals surface area (Å²) in [5, 5.41) is 7.52. The number of fused-ring (bicyclic) bond motifs is 1. The van der Waals surface area contributed by atoms with Gasteiger partial charge in [-0.1, -0.05) is 11.6 Å². The van der Waals surface area contributed by atoms with Gasteiger partial charge in [-0.2, -0.15) is 11.3 Å².